The van der Waals surface area contributed by atoms with Gasteiger partial charge in [-0.25, -0.2) is 4.90 Å². The Balaban J connectivity index is 1.82. The van der Waals surface area contributed by atoms with Crippen LogP contribution in [0.3, 0.4) is 0 Å². The maximum Gasteiger partial charge on any atom is 0.282 e. The van der Waals surface area contributed by atoms with Crippen molar-refractivity contribution < 1.29 is 19.1 Å². The van der Waals surface area contributed by atoms with Gasteiger partial charge in [0, 0.05) is 16.1 Å². The van der Waals surface area contributed by atoms with Crippen molar-refractivity contribution in [3.05, 3.63) is 88.0 Å². The van der Waals surface area contributed by atoms with Crippen LogP contribution in [0.2, 0.25) is 10.0 Å². The van der Waals surface area contributed by atoms with E-state index in [9.17, 15) is 9.59 Å². The van der Waals surface area contributed by atoms with Gasteiger partial charge < -0.3 is 14.8 Å². The number of benzene rings is 3. The highest BCUT2D eigenvalue weighted by molar-refractivity contribution is 6.46. The normalized spacial score (nSPS) is 13.6. The fraction of sp³-hybridized carbons (Fsp3) is 0.0833. The smallest absolute Gasteiger partial charge is 0.282 e. The number of nitrogens with one attached hydrogen (secondary N) is 1. The van der Waals surface area contributed by atoms with E-state index in [4.69, 9.17) is 32.7 Å². The van der Waals surface area contributed by atoms with Gasteiger partial charge in [-0.1, -0.05) is 35.3 Å². The highest BCUT2D eigenvalue weighted by Gasteiger charge is 2.40. The van der Waals surface area contributed by atoms with E-state index >= 15 is 0 Å². The summed E-state index contributed by atoms with van der Waals surface area (Å²) in [6, 6.07) is 18.3. The summed E-state index contributed by atoms with van der Waals surface area (Å²) in [6.45, 7) is 0. The van der Waals surface area contributed by atoms with Crippen molar-refractivity contribution >= 4 is 52.0 Å². The van der Waals surface area contributed by atoms with Crippen molar-refractivity contribution in [3.8, 4) is 11.5 Å². The zero-order valence-electron chi connectivity index (χ0n) is 17.2. The van der Waals surface area contributed by atoms with E-state index in [1.165, 1.54) is 7.11 Å². The lowest BCUT2D eigenvalue weighted by Gasteiger charge is -2.16. The predicted molar refractivity (Wildman–Crippen MR) is 125 cm³/mol. The molecule has 32 heavy (non-hydrogen) atoms. The van der Waals surface area contributed by atoms with Gasteiger partial charge in [0.25, 0.3) is 11.8 Å². The molecule has 1 aliphatic heterocycles. The first-order valence-electron chi connectivity index (χ1n) is 9.56. The van der Waals surface area contributed by atoms with Crippen molar-refractivity contribution in [2.45, 2.75) is 0 Å². The molecular formula is C24H18Cl2N2O4. The van der Waals surface area contributed by atoms with E-state index in [1.807, 2.05) is 0 Å². The summed E-state index contributed by atoms with van der Waals surface area (Å²) < 4.78 is 10.7. The lowest BCUT2D eigenvalue weighted by Crippen LogP contribution is -2.32. The Morgan fingerprint density at radius 2 is 1.41 bits per heavy atom. The van der Waals surface area contributed by atoms with Crippen molar-refractivity contribution in [2.24, 2.45) is 0 Å². The van der Waals surface area contributed by atoms with Crippen LogP contribution in [-0.2, 0) is 9.59 Å². The molecule has 1 heterocycles. The molecule has 0 saturated heterocycles. The number of carbonyl (C=O) groups is 2. The molecule has 1 N–H and O–H groups in total. The Morgan fingerprint density at radius 3 is 2.00 bits per heavy atom. The summed E-state index contributed by atoms with van der Waals surface area (Å²) >= 11 is 12.0. The predicted octanol–water partition coefficient (Wildman–Crippen LogP) is 5.41. The number of ether oxygens (including phenoxy) is 2. The van der Waals surface area contributed by atoms with Crippen LogP contribution in [0.5, 0.6) is 11.5 Å². The summed E-state index contributed by atoms with van der Waals surface area (Å²) in [5.74, 6) is 0.0863. The number of hydrogen-bond acceptors (Lipinski definition) is 5. The van der Waals surface area contributed by atoms with Gasteiger partial charge in [0.2, 0.25) is 0 Å². The van der Waals surface area contributed by atoms with E-state index in [2.05, 4.69) is 5.32 Å². The summed E-state index contributed by atoms with van der Waals surface area (Å²) in [5.41, 5.74) is 1.82. The summed E-state index contributed by atoms with van der Waals surface area (Å²) in [5, 5.41) is 4.11. The number of nitrogens with zero attached hydrogens (tertiary/aromatic N) is 1. The molecule has 0 atom stereocenters. The minimum Gasteiger partial charge on any atom is -0.497 e. The highest BCUT2D eigenvalue weighted by Crippen LogP contribution is 2.37. The first-order chi connectivity index (χ1) is 15.4. The van der Waals surface area contributed by atoms with Crippen LogP contribution in [0, 0.1) is 0 Å². The molecule has 162 valence electrons. The van der Waals surface area contributed by atoms with Crippen molar-refractivity contribution in [2.75, 3.05) is 24.4 Å². The zero-order chi connectivity index (χ0) is 22.8. The molecule has 0 unspecified atom stereocenters. The van der Waals surface area contributed by atoms with Crippen molar-refractivity contribution in [1.29, 1.82) is 0 Å². The van der Waals surface area contributed by atoms with Crippen LogP contribution >= 0.6 is 23.2 Å². The number of rotatable bonds is 6. The fourth-order valence-electron chi connectivity index (χ4n) is 3.39. The van der Waals surface area contributed by atoms with Crippen LogP contribution in [0.15, 0.2) is 72.4 Å². The topological polar surface area (TPSA) is 67.9 Å². The molecule has 2 amide bonds. The molecule has 8 heteroatoms. The van der Waals surface area contributed by atoms with Crippen LogP contribution in [0.4, 0.5) is 11.4 Å². The van der Waals surface area contributed by atoms with Crippen LogP contribution < -0.4 is 19.7 Å². The molecule has 3 aromatic carbocycles. The molecule has 0 saturated carbocycles. The van der Waals surface area contributed by atoms with E-state index in [0.717, 1.165) is 4.90 Å². The molecule has 6 nitrogen and oxygen atoms in total. The van der Waals surface area contributed by atoms with Gasteiger partial charge >= 0.3 is 0 Å². The lowest BCUT2D eigenvalue weighted by atomic mass is 10.0. The quantitative estimate of drug-likeness (QED) is 0.490. The van der Waals surface area contributed by atoms with E-state index in [-0.39, 0.29) is 11.3 Å². The average Bonchev–Trinajstić information content (AvgIpc) is 3.04. The van der Waals surface area contributed by atoms with Crippen LogP contribution in [0.25, 0.3) is 5.57 Å². The molecule has 0 fully saturated rings. The highest BCUT2D eigenvalue weighted by atomic mass is 35.5. The Morgan fingerprint density at radius 1 is 0.781 bits per heavy atom. The number of halogens is 2. The van der Waals surface area contributed by atoms with Gasteiger partial charge in [0.15, 0.2) is 0 Å². The van der Waals surface area contributed by atoms with Gasteiger partial charge in [-0.3, -0.25) is 9.59 Å². The van der Waals surface area contributed by atoms with Gasteiger partial charge in [0.05, 0.1) is 31.2 Å². The largest absolute Gasteiger partial charge is 0.497 e. The summed E-state index contributed by atoms with van der Waals surface area (Å²) in [6.07, 6.45) is 0. The van der Waals surface area contributed by atoms with Crippen LogP contribution in [-0.4, -0.2) is 26.0 Å². The molecule has 0 spiro atoms. The average molecular weight is 469 g/mol. The third kappa shape index (κ3) is 4.02. The minimum absolute atomic E-state index is 0.121. The summed E-state index contributed by atoms with van der Waals surface area (Å²) in [4.78, 5) is 28.0. The zero-order valence-corrected chi connectivity index (χ0v) is 18.7. The molecule has 0 aromatic heterocycles. The standard InChI is InChI=1S/C24H18Cl2N2O4/c1-31-18-11-12-19(20(13-18)32-2)27-22-21(14-3-5-15(25)6-4-14)23(29)28(24(22)30)17-9-7-16(26)8-10-17/h3-13,27H,1-2H3. The molecule has 0 radical (unpaired) electrons. The molecule has 1 aliphatic rings. The number of methoxy groups -OCH3 is 2. The number of imide groups is 1. The second-order valence-electron chi connectivity index (χ2n) is 6.87. The van der Waals surface area contributed by atoms with Gasteiger partial charge in [-0.2, -0.15) is 0 Å². The van der Waals surface area contributed by atoms with Gasteiger partial charge in [-0.05, 0) is 54.1 Å². The van der Waals surface area contributed by atoms with Crippen molar-refractivity contribution in [1.82, 2.24) is 0 Å². The van der Waals surface area contributed by atoms with E-state index < -0.39 is 11.8 Å². The SMILES string of the molecule is COc1ccc(NC2=C(c3ccc(Cl)cc3)C(=O)N(c3ccc(Cl)cc3)C2=O)c(OC)c1. The molecule has 4 rings (SSSR count). The number of amides is 2. The summed E-state index contributed by atoms with van der Waals surface area (Å²) in [7, 11) is 3.06. The number of anilines is 2. The minimum atomic E-state index is -0.500. The maximum absolute atomic E-state index is 13.4. The maximum atomic E-state index is 13.4. The van der Waals surface area contributed by atoms with Crippen LogP contribution in [0.1, 0.15) is 5.56 Å². The Labute approximate surface area is 195 Å². The molecular weight excluding hydrogens is 451 g/mol. The third-order valence-corrected chi connectivity index (χ3v) is 5.47. The van der Waals surface area contributed by atoms with Crippen molar-refractivity contribution in [3.63, 3.8) is 0 Å². The third-order valence-electron chi connectivity index (χ3n) is 4.97. The second-order valence-corrected chi connectivity index (χ2v) is 7.74. The Kier molecular flexibility index (Phi) is 6.08. The molecule has 0 bridgehead atoms. The molecule has 3 aromatic rings. The number of hydrogen-bond donors (Lipinski definition) is 1. The lowest BCUT2D eigenvalue weighted by molar-refractivity contribution is -0.120. The first kappa shape index (κ1) is 21.7. The Hall–Kier alpha value is -3.48. The van der Waals surface area contributed by atoms with E-state index in [0.29, 0.717) is 38.5 Å². The monoisotopic (exact) mass is 468 g/mol. The van der Waals surface area contributed by atoms with Gasteiger partial charge in [-0.15, -0.1) is 0 Å². The molecule has 0 aliphatic carbocycles. The fourth-order valence-corrected chi connectivity index (χ4v) is 3.64. The number of carbonyl (C=O) groups excluding carboxylic acids is 2. The van der Waals surface area contributed by atoms with Gasteiger partial charge in [0.1, 0.15) is 17.2 Å². The van der Waals surface area contributed by atoms with E-state index in [1.54, 1.807) is 73.8 Å². The second kappa shape index (κ2) is 8.94. The Bertz CT molecular complexity index is 1220. The first-order valence-corrected chi connectivity index (χ1v) is 10.3.